The molecule has 0 unspecified atom stereocenters. The number of nitrogens with zero attached hydrogens (tertiary/aromatic N) is 3. The highest BCUT2D eigenvalue weighted by Crippen LogP contribution is 2.22. The fraction of sp³-hybridized carbons (Fsp3) is 0.222. The van der Waals surface area contributed by atoms with Crippen molar-refractivity contribution in [3.05, 3.63) is 22.1 Å². The molecule has 0 bridgehead atoms. The molecule has 0 radical (unpaired) electrons. The number of aromatic nitrogens is 3. The molecular formula is C9H11N5S2. The summed E-state index contributed by atoms with van der Waals surface area (Å²) in [6.07, 6.45) is 0. The minimum Gasteiger partial charge on any atom is -0.383 e. The lowest BCUT2D eigenvalue weighted by atomic mass is 10.5. The first kappa shape index (κ1) is 11.2. The molecule has 0 spiro atoms. The summed E-state index contributed by atoms with van der Waals surface area (Å²) in [5, 5.41) is 3.65. The minimum absolute atomic E-state index is 0.394. The number of nitrogens with two attached hydrogens (primary N) is 2. The Bertz CT molecular complexity index is 476. The van der Waals surface area contributed by atoms with Crippen LogP contribution in [0.2, 0.25) is 0 Å². The highest BCUT2D eigenvalue weighted by molar-refractivity contribution is 7.98. The van der Waals surface area contributed by atoms with Gasteiger partial charge in [-0.15, -0.1) is 11.3 Å². The van der Waals surface area contributed by atoms with Crippen LogP contribution in [0.15, 0.2) is 16.6 Å². The maximum absolute atomic E-state index is 5.58. The maximum atomic E-state index is 5.58. The van der Waals surface area contributed by atoms with Gasteiger partial charge in [0, 0.05) is 17.1 Å². The lowest BCUT2D eigenvalue weighted by molar-refractivity contribution is 0.983. The molecule has 0 saturated heterocycles. The number of aryl methyl sites for hydroxylation is 1. The smallest absolute Gasteiger partial charge is 0.191 e. The van der Waals surface area contributed by atoms with Crippen molar-refractivity contribution >= 4 is 34.7 Å². The van der Waals surface area contributed by atoms with E-state index in [9.17, 15) is 0 Å². The summed E-state index contributed by atoms with van der Waals surface area (Å²) in [5.74, 6) is 1.53. The molecule has 5 nitrogen and oxygen atoms in total. The van der Waals surface area contributed by atoms with Crippen molar-refractivity contribution < 1.29 is 0 Å². The molecule has 0 atom stereocenters. The van der Waals surface area contributed by atoms with Crippen LogP contribution in [0.25, 0.3) is 0 Å². The first-order valence-electron chi connectivity index (χ1n) is 4.57. The monoisotopic (exact) mass is 253 g/mol. The van der Waals surface area contributed by atoms with E-state index >= 15 is 0 Å². The number of anilines is 2. The Kier molecular flexibility index (Phi) is 3.25. The van der Waals surface area contributed by atoms with Gasteiger partial charge in [0.15, 0.2) is 5.16 Å². The first-order valence-corrected chi connectivity index (χ1v) is 6.44. The third-order valence-electron chi connectivity index (χ3n) is 1.74. The summed E-state index contributed by atoms with van der Waals surface area (Å²) >= 11 is 3.11. The lowest BCUT2D eigenvalue weighted by Gasteiger charge is -2.00. The van der Waals surface area contributed by atoms with Crippen molar-refractivity contribution in [2.45, 2.75) is 17.8 Å². The minimum atomic E-state index is 0.394. The molecule has 7 heteroatoms. The van der Waals surface area contributed by atoms with Gasteiger partial charge in [-0.05, 0) is 6.92 Å². The zero-order valence-corrected chi connectivity index (χ0v) is 10.3. The van der Waals surface area contributed by atoms with Crippen LogP contribution < -0.4 is 11.5 Å². The second-order valence-corrected chi connectivity index (χ2v) is 5.06. The topological polar surface area (TPSA) is 90.7 Å². The van der Waals surface area contributed by atoms with Crippen LogP contribution in [0.1, 0.15) is 10.7 Å². The van der Waals surface area contributed by atoms with Crippen LogP contribution in [-0.2, 0) is 5.75 Å². The van der Waals surface area contributed by atoms with Crippen LogP contribution in [0.3, 0.4) is 0 Å². The summed E-state index contributed by atoms with van der Waals surface area (Å²) in [4.78, 5) is 12.5. The van der Waals surface area contributed by atoms with E-state index in [-0.39, 0.29) is 0 Å². The second-order valence-electron chi connectivity index (χ2n) is 3.17. The van der Waals surface area contributed by atoms with Gasteiger partial charge in [0.25, 0.3) is 0 Å². The number of thiazole rings is 1. The molecule has 4 N–H and O–H groups in total. The summed E-state index contributed by atoms with van der Waals surface area (Å²) in [6, 6.07) is 1.54. The van der Waals surface area contributed by atoms with E-state index in [0.29, 0.717) is 16.8 Å². The quantitative estimate of drug-likeness (QED) is 0.639. The van der Waals surface area contributed by atoms with Gasteiger partial charge < -0.3 is 11.5 Å². The van der Waals surface area contributed by atoms with Crippen LogP contribution in [-0.4, -0.2) is 15.0 Å². The Morgan fingerprint density at radius 2 is 1.94 bits per heavy atom. The van der Waals surface area contributed by atoms with Crippen molar-refractivity contribution in [1.29, 1.82) is 0 Å². The highest BCUT2D eigenvalue weighted by atomic mass is 32.2. The molecule has 0 saturated carbocycles. The molecule has 0 aliphatic carbocycles. The lowest BCUT2D eigenvalue weighted by Crippen LogP contribution is -1.99. The zero-order valence-electron chi connectivity index (χ0n) is 8.67. The van der Waals surface area contributed by atoms with E-state index < -0.39 is 0 Å². The molecule has 2 rings (SSSR count). The average molecular weight is 253 g/mol. The molecule has 0 amide bonds. The third-order valence-corrected chi connectivity index (χ3v) is 3.74. The summed E-state index contributed by atoms with van der Waals surface area (Å²) < 4.78 is 0. The molecule has 2 aromatic rings. The molecule has 0 aliphatic heterocycles. The van der Waals surface area contributed by atoms with Crippen molar-refractivity contribution in [3.8, 4) is 0 Å². The van der Waals surface area contributed by atoms with Crippen LogP contribution in [0.5, 0.6) is 0 Å². The van der Waals surface area contributed by atoms with Gasteiger partial charge in [0.05, 0.1) is 5.75 Å². The predicted octanol–water partition coefficient (Wildman–Crippen LogP) is 1.70. The molecule has 2 aromatic heterocycles. The average Bonchev–Trinajstić information content (AvgIpc) is 2.60. The largest absolute Gasteiger partial charge is 0.383 e. The Morgan fingerprint density at radius 3 is 2.50 bits per heavy atom. The molecule has 0 aliphatic rings. The number of hydrogen-bond donors (Lipinski definition) is 2. The zero-order chi connectivity index (χ0) is 11.5. The van der Waals surface area contributed by atoms with E-state index in [1.807, 2.05) is 12.3 Å². The molecular weight excluding hydrogens is 242 g/mol. The van der Waals surface area contributed by atoms with Crippen LogP contribution in [0.4, 0.5) is 11.6 Å². The second kappa shape index (κ2) is 4.67. The van der Waals surface area contributed by atoms with E-state index in [1.165, 1.54) is 17.8 Å². The standard InChI is InChI=1S/C9H11N5S2/c1-5-3-15-8(12-5)4-16-9-13-6(10)2-7(11)14-9/h2-3H,4H2,1H3,(H4,10,11,13,14). The number of thioether (sulfide) groups is 1. The summed E-state index contributed by atoms with van der Waals surface area (Å²) in [5.41, 5.74) is 12.2. The van der Waals surface area contributed by atoms with Gasteiger partial charge in [-0.1, -0.05) is 11.8 Å². The highest BCUT2D eigenvalue weighted by Gasteiger charge is 2.04. The molecule has 0 aromatic carbocycles. The predicted molar refractivity (Wildman–Crippen MR) is 67.3 cm³/mol. The Balaban J connectivity index is 2.04. The van der Waals surface area contributed by atoms with E-state index in [4.69, 9.17) is 11.5 Å². The summed E-state index contributed by atoms with van der Waals surface area (Å²) in [7, 11) is 0. The molecule has 2 heterocycles. The van der Waals surface area contributed by atoms with E-state index in [2.05, 4.69) is 15.0 Å². The Labute approximate surface area is 101 Å². The number of rotatable bonds is 3. The van der Waals surface area contributed by atoms with Crippen molar-refractivity contribution in [2.24, 2.45) is 0 Å². The van der Waals surface area contributed by atoms with Crippen LogP contribution in [0, 0.1) is 6.92 Å². The third kappa shape index (κ3) is 2.83. The van der Waals surface area contributed by atoms with Crippen molar-refractivity contribution in [1.82, 2.24) is 15.0 Å². The Morgan fingerprint density at radius 1 is 1.25 bits per heavy atom. The van der Waals surface area contributed by atoms with Gasteiger partial charge in [0.2, 0.25) is 0 Å². The number of hydrogen-bond acceptors (Lipinski definition) is 7. The SMILES string of the molecule is Cc1csc(CSc2nc(N)cc(N)n2)n1. The van der Waals surface area contributed by atoms with E-state index in [0.717, 1.165) is 16.5 Å². The first-order chi connectivity index (χ1) is 7.63. The summed E-state index contributed by atoms with van der Waals surface area (Å²) in [6.45, 7) is 1.97. The Hall–Kier alpha value is -1.34. The van der Waals surface area contributed by atoms with Gasteiger partial charge in [-0.2, -0.15) is 0 Å². The van der Waals surface area contributed by atoms with Gasteiger partial charge in [0.1, 0.15) is 16.6 Å². The van der Waals surface area contributed by atoms with E-state index in [1.54, 1.807) is 11.3 Å². The van der Waals surface area contributed by atoms with Gasteiger partial charge >= 0.3 is 0 Å². The maximum Gasteiger partial charge on any atom is 0.191 e. The normalized spacial score (nSPS) is 10.6. The molecule has 84 valence electrons. The number of nitrogen functional groups attached to an aromatic ring is 2. The van der Waals surface area contributed by atoms with Crippen molar-refractivity contribution in [3.63, 3.8) is 0 Å². The van der Waals surface area contributed by atoms with Gasteiger partial charge in [-0.25, -0.2) is 15.0 Å². The fourth-order valence-electron chi connectivity index (χ4n) is 1.12. The fourth-order valence-corrected chi connectivity index (χ4v) is 2.78. The van der Waals surface area contributed by atoms with Crippen LogP contribution >= 0.6 is 23.1 Å². The van der Waals surface area contributed by atoms with Gasteiger partial charge in [-0.3, -0.25) is 0 Å². The van der Waals surface area contributed by atoms with Crippen molar-refractivity contribution in [2.75, 3.05) is 11.5 Å². The molecule has 16 heavy (non-hydrogen) atoms. The molecule has 0 fully saturated rings.